The lowest BCUT2D eigenvalue weighted by molar-refractivity contribution is 0.624. The number of aliphatic imine (C=N–C) groups is 2. The van der Waals surface area contributed by atoms with Crippen LogP contribution in [0.5, 0.6) is 0 Å². The summed E-state index contributed by atoms with van der Waals surface area (Å²) in [5.74, 6) is 0.347. The predicted octanol–water partition coefficient (Wildman–Crippen LogP) is 13.6. The Morgan fingerprint density at radius 3 is 1.96 bits per heavy atom. The number of pyridine rings is 1. The summed E-state index contributed by atoms with van der Waals surface area (Å²) in [6.07, 6.45) is 14.8. The van der Waals surface area contributed by atoms with Crippen molar-refractivity contribution >= 4 is 44.9 Å². The van der Waals surface area contributed by atoms with Crippen molar-refractivity contribution in [1.29, 1.82) is 0 Å². The molecule has 0 fully saturated rings. The van der Waals surface area contributed by atoms with Crippen LogP contribution in [-0.2, 0) is 6.42 Å². The minimum Gasteiger partial charge on any atom is -0.252 e. The van der Waals surface area contributed by atoms with Crippen LogP contribution in [0.3, 0.4) is 0 Å². The number of benzene rings is 6. The van der Waals surface area contributed by atoms with E-state index in [1.54, 1.807) is 0 Å². The first-order valence-electron chi connectivity index (χ1n) is 20.0. The zero-order chi connectivity index (χ0) is 38.0. The third-order valence-electron chi connectivity index (χ3n) is 11.4. The van der Waals surface area contributed by atoms with E-state index in [2.05, 4.69) is 194 Å². The van der Waals surface area contributed by atoms with Gasteiger partial charge in [0, 0.05) is 45.7 Å². The van der Waals surface area contributed by atoms with Crippen LogP contribution in [0.2, 0.25) is 0 Å². The Morgan fingerprint density at radius 2 is 1.18 bits per heavy atom. The highest BCUT2D eigenvalue weighted by Crippen LogP contribution is 2.45. The molecule has 0 bridgehead atoms. The molecule has 272 valence electrons. The first-order valence-corrected chi connectivity index (χ1v) is 20.0. The molecule has 0 saturated carbocycles. The van der Waals surface area contributed by atoms with E-state index in [4.69, 9.17) is 15.0 Å². The molecule has 6 aromatic carbocycles. The zero-order valence-electron chi connectivity index (χ0n) is 31.7. The summed E-state index contributed by atoms with van der Waals surface area (Å²) in [6.45, 7) is 0. The van der Waals surface area contributed by atoms with E-state index in [0.717, 1.165) is 86.3 Å². The molecular weight excluding hydrogens is 691 g/mol. The summed E-state index contributed by atoms with van der Waals surface area (Å²) in [4.78, 5) is 16.4. The molecule has 0 N–H and O–H groups in total. The molecule has 0 radical (unpaired) electrons. The fourth-order valence-electron chi connectivity index (χ4n) is 8.55. The van der Waals surface area contributed by atoms with E-state index in [9.17, 15) is 0 Å². The molecular formula is C54H41N3. The SMILES string of the molecule is C1=C(c2ccccc2)C(c2cccc(-c3nc4ccccc4c4c3CC3CC/C=C\C=C/C3=N4)c2)=C(c2ccccc2)N=C(c2ccc(-c3ccccc3)cc2)C1. The number of para-hydroxylation sites is 1. The highest BCUT2D eigenvalue weighted by Gasteiger charge is 2.28. The van der Waals surface area contributed by atoms with Gasteiger partial charge in [0.05, 0.1) is 28.3 Å². The highest BCUT2D eigenvalue weighted by atomic mass is 14.8. The number of allylic oxidation sites excluding steroid dienone is 7. The Hall–Kier alpha value is -6.97. The average Bonchev–Trinajstić information content (AvgIpc) is 3.48. The molecule has 3 heteroatoms. The molecule has 2 aliphatic heterocycles. The van der Waals surface area contributed by atoms with Crippen molar-refractivity contribution in [3.8, 4) is 22.4 Å². The number of aromatic nitrogens is 1. The van der Waals surface area contributed by atoms with E-state index in [1.807, 2.05) is 0 Å². The fraction of sp³-hybridized carbons (Fsp3) is 0.0926. The van der Waals surface area contributed by atoms with Gasteiger partial charge in [0.1, 0.15) is 0 Å². The van der Waals surface area contributed by atoms with E-state index < -0.39 is 0 Å². The molecule has 3 nitrogen and oxygen atoms in total. The van der Waals surface area contributed by atoms with Crippen molar-refractivity contribution in [2.75, 3.05) is 0 Å². The van der Waals surface area contributed by atoms with Gasteiger partial charge < -0.3 is 0 Å². The maximum Gasteiger partial charge on any atom is 0.0790 e. The molecule has 1 atom stereocenters. The summed E-state index contributed by atoms with van der Waals surface area (Å²) in [6, 6.07) is 58.3. The van der Waals surface area contributed by atoms with Crippen molar-refractivity contribution in [1.82, 2.24) is 4.98 Å². The molecule has 10 rings (SSSR count). The molecule has 57 heavy (non-hydrogen) atoms. The predicted molar refractivity (Wildman–Crippen MR) is 240 cm³/mol. The van der Waals surface area contributed by atoms with Gasteiger partial charge in [-0.1, -0.05) is 176 Å². The van der Waals surface area contributed by atoms with E-state index in [0.29, 0.717) is 12.3 Å². The Balaban J connectivity index is 1.17. The van der Waals surface area contributed by atoms with Crippen molar-refractivity contribution in [2.24, 2.45) is 15.9 Å². The molecule has 1 unspecified atom stereocenters. The highest BCUT2D eigenvalue weighted by molar-refractivity contribution is 6.20. The summed E-state index contributed by atoms with van der Waals surface area (Å²) in [5.41, 5.74) is 17.7. The van der Waals surface area contributed by atoms with Gasteiger partial charge in [-0.2, -0.15) is 0 Å². The van der Waals surface area contributed by atoms with Crippen LogP contribution in [0, 0.1) is 5.92 Å². The Bertz CT molecular complexity index is 2800. The molecule has 0 saturated heterocycles. The molecule has 0 spiro atoms. The standard InChI is InChI=1S/C54H41N3/c1-2-13-27-48-42(23-6-1)36-47-52(57-50-28-15-14-26-46(50)54(47)56-48)44-25-16-24-43(35-44)51-45(39-19-9-4-10-20-39)33-34-49(55-53(51)41-21-11-5-12-22-41)40-31-29-38(30-32-40)37-17-7-3-8-18-37/h1-5,7-22,24-33,35,42H,6,23,34,36H2/b2-1-,27-13-. The van der Waals surface area contributed by atoms with E-state index in [-0.39, 0.29) is 0 Å². The molecule has 3 heterocycles. The number of hydrogen-bond acceptors (Lipinski definition) is 3. The first-order chi connectivity index (χ1) is 28.3. The lowest BCUT2D eigenvalue weighted by Crippen LogP contribution is -2.20. The largest absolute Gasteiger partial charge is 0.252 e. The first kappa shape index (κ1) is 34.5. The van der Waals surface area contributed by atoms with Crippen molar-refractivity contribution in [2.45, 2.75) is 25.7 Å². The number of nitrogens with zero attached hydrogens (tertiary/aromatic N) is 3. The van der Waals surface area contributed by atoms with Gasteiger partial charge in [-0.25, -0.2) is 4.98 Å². The van der Waals surface area contributed by atoms with Gasteiger partial charge in [-0.3, -0.25) is 9.98 Å². The van der Waals surface area contributed by atoms with E-state index in [1.165, 1.54) is 28.0 Å². The van der Waals surface area contributed by atoms with Gasteiger partial charge in [0.2, 0.25) is 0 Å². The van der Waals surface area contributed by atoms with Crippen LogP contribution >= 0.6 is 0 Å². The Kier molecular flexibility index (Phi) is 9.25. The topological polar surface area (TPSA) is 37.6 Å². The van der Waals surface area contributed by atoms with Crippen LogP contribution in [0.15, 0.2) is 204 Å². The summed E-state index contributed by atoms with van der Waals surface area (Å²) in [7, 11) is 0. The van der Waals surface area contributed by atoms with Gasteiger partial charge >= 0.3 is 0 Å². The minimum atomic E-state index is 0.347. The third kappa shape index (κ3) is 6.83. The quantitative estimate of drug-likeness (QED) is 0.168. The van der Waals surface area contributed by atoms with Crippen molar-refractivity contribution in [3.63, 3.8) is 0 Å². The van der Waals surface area contributed by atoms with Gasteiger partial charge in [-0.05, 0) is 70.9 Å². The van der Waals surface area contributed by atoms with Crippen LogP contribution in [0.4, 0.5) is 5.69 Å². The zero-order valence-corrected chi connectivity index (χ0v) is 31.7. The molecule has 0 amide bonds. The summed E-state index contributed by atoms with van der Waals surface area (Å²) < 4.78 is 0. The van der Waals surface area contributed by atoms with Crippen LogP contribution in [0.1, 0.15) is 47.1 Å². The summed E-state index contributed by atoms with van der Waals surface area (Å²) in [5, 5.41) is 1.11. The maximum absolute atomic E-state index is 5.63. The normalized spacial score (nSPS) is 17.5. The minimum absolute atomic E-state index is 0.347. The van der Waals surface area contributed by atoms with Crippen molar-refractivity contribution < 1.29 is 0 Å². The Labute approximate surface area is 334 Å². The van der Waals surface area contributed by atoms with E-state index >= 15 is 0 Å². The second-order valence-electron chi connectivity index (χ2n) is 15.0. The van der Waals surface area contributed by atoms with Gasteiger partial charge in [0.25, 0.3) is 0 Å². The van der Waals surface area contributed by atoms with Crippen LogP contribution in [0.25, 0.3) is 50.1 Å². The number of rotatable bonds is 6. The molecule has 7 aromatic rings. The second kappa shape index (κ2) is 15.3. The Morgan fingerprint density at radius 1 is 0.526 bits per heavy atom. The lowest BCUT2D eigenvalue weighted by atomic mass is 9.83. The fourth-order valence-corrected chi connectivity index (χ4v) is 8.55. The molecule has 1 aromatic heterocycles. The maximum atomic E-state index is 5.63. The van der Waals surface area contributed by atoms with Gasteiger partial charge in [0.15, 0.2) is 0 Å². The number of hydrogen-bond donors (Lipinski definition) is 0. The lowest BCUT2D eigenvalue weighted by Gasteiger charge is -2.26. The van der Waals surface area contributed by atoms with Crippen LogP contribution in [-0.4, -0.2) is 16.4 Å². The number of fused-ring (bicyclic) bond motifs is 4. The third-order valence-corrected chi connectivity index (χ3v) is 11.4. The smallest absolute Gasteiger partial charge is 0.0790 e. The second-order valence-corrected chi connectivity index (χ2v) is 15.0. The molecule has 1 aliphatic carbocycles. The molecule has 3 aliphatic rings. The monoisotopic (exact) mass is 731 g/mol. The summed E-state index contributed by atoms with van der Waals surface area (Å²) >= 11 is 0. The van der Waals surface area contributed by atoms with Crippen molar-refractivity contribution in [3.05, 3.63) is 222 Å². The van der Waals surface area contributed by atoms with Crippen LogP contribution < -0.4 is 0 Å². The van der Waals surface area contributed by atoms with Gasteiger partial charge in [-0.15, -0.1) is 0 Å². The average molecular weight is 732 g/mol.